The number of nitrogens with two attached hydrogens (primary N) is 1. The Morgan fingerprint density at radius 3 is 2.82 bits per heavy atom. The highest BCUT2D eigenvalue weighted by molar-refractivity contribution is 5.83. The van der Waals surface area contributed by atoms with Crippen molar-refractivity contribution >= 4 is 5.78 Å². The van der Waals surface area contributed by atoms with E-state index < -0.39 is 0 Å². The molecule has 2 heterocycles. The minimum absolute atomic E-state index is 0.231. The van der Waals surface area contributed by atoms with Crippen LogP contribution in [0.15, 0.2) is 0 Å². The molecule has 2 aliphatic rings. The van der Waals surface area contributed by atoms with Crippen LogP contribution in [0.2, 0.25) is 0 Å². The summed E-state index contributed by atoms with van der Waals surface area (Å²) in [6, 6.07) is 0. The number of piperidine rings is 1. The predicted molar refractivity (Wildman–Crippen MR) is 42.1 cm³/mol. The van der Waals surface area contributed by atoms with Crippen LogP contribution in [0.4, 0.5) is 0 Å². The Morgan fingerprint density at radius 2 is 2.36 bits per heavy atom. The van der Waals surface area contributed by atoms with Gasteiger partial charge in [0.05, 0.1) is 6.54 Å². The van der Waals surface area contributed by atoms with Gasteiger partial charge in [-0.3, -0.25) is 4.79 Å². The van der Waals surface area contributed by atoms with Gasteiger partial charge in [0.15, 0.2) is 5.78 Å². The molecule has 0 amide bonds. The van der Waals surface area contributed by atoms with Crippen molar-refractivity contribution in [3.8, 4) is 0 Å². The zero-order valence-corrected chi connectivity index (χ0v) is 6.62. The lowest BCUT2D eigenvalue weighted by Crippen LogP contribution is -2.33. The number of rotatable bonds is 2. The molecule has 2 rings (SSSR count). The second kappa shape index (κ2) is 2.57. The fourth-order valence-corrected chi connectivity index (χ4v) is 2.30. The first-order valence-electron chi connectivity index (χ1n) is 4.26. The highest BCUT2D eigenvalue weighted by Gasteiger charge is 2.40. The molecule has 0 saturated carbocycles. The van der Waals surface area contributed by atoms with Gasteiger partial charge < -0.3 is 10.6 Å². The number of hydrogen-bond acceptors (Lipinski definition) is 3. The van der Waals surface area contributed by atoms with Crippen LogP contribution in [0.1, 0.15) is 6.42 Å². The first-order valence-corrected chi connectivity index (χ1v) is 4.26. The van der Waals surface area contributed by atoms with E-state index in [1.807, 2.05) is 0 Å². The molecule has 0 aromatic heterocycles. The van der Waals surface area contributed by atoms with Crippen molar-refractivity contribution in [1.29, 1.82) is 0 Å². The van der Waals surface area contributed by atoms with E-state index in [0.717, 1.165) is 13.1 Å². The Bertz CT molecular complexity index is 181. The average molecular weight is 154 g/mol. The van der Waals surface area contributed by atoms with Crippen LogP contribution < -0.4 is 5.73 Å². The minimum atomic E-state index is 0.231. The van der Waals surface area contributed by atoms with Crippen molar-refractivity contribution in [2.45, 2.75) is 6.42 Å². The number of hydrogen-bond donors (Lipinski definition) is 1. The number of ketones is 1. The lowest BCUT2D eigenvalue weighted by molar-refractivity contribution is -0.122. The maximum absolute atomic E-state index is 11.3. The second-order valence-corrected chi connectivity index (χ2v) is 3.59. The average Bonchev–Trinajstić information content (AvgIpc) is 2.62. The van der Waals surface area contributed by atoms with E-state index >= 15 is 0 Å². The van der Waals surface area contributed by atoms with E-state index in [1.54, 1.807) is 0 Å². The standard InChI is InChI=1S/C8H14N2O/c9-3-8(11)7-5-10-2-1-6(7)4-10/h6-7H,1-5,9H2/t6-,7-/m1/s1. The Labute approximate surface area is 66.5 Å². The summed E-state index contributed by atoms with van der Waals surface area (Å²) in [5.74, 6) is 1.16. The molecule has 2 aliphatic heterocycles. The number of nitrogens with zero attached hydrogens (tertiary/aromatic N) is 1. The Kier molecular flexibility index (Phi) is 1.69. The molecular weight excluding hydrogens is 140 g/mol. The molecule has 62 valence electrons. The third-order valence-corrected chi connectivity index (χ3v) is 2.95. The quantitative estimate of drug-likeness (QED) is 0.581. The van der Waals surface area contributed by atoms with Gasteiger partial charge in [-0.1, -0.05) is 0 Å². The summed E-state index contributed by atoms with van der Waals surface area (Å²) >= 11 is 0. The lowest BCUT2D eigenvalue weighted by atomic mass is 9.89. The molecule has 0 aromatic carbocycles. The summed E-state index contributed by atoms with van der Waals surface area (Å²) in [5, 5.41) is 0. The third-order valence-electron chi connectivity index (χ3n) is 2.95. The highest BCUT2D eigenvalue weighted by Crippen LogP contribution is 2.32. The van der Waals surface area contributed by atoms with Crippen LogP contribution in [0.3, 0.4) is 0 Å². The highest BCUT2D eigenvalue weighted by atomic mass is 16.1. The van der Waals surface area contributed by atoms with Gasteiger partial charge >= 0.3 is 0 Å². The fraction of sp³-hybridized carbons (Fsp3) is 0.875. The topological polar surface area (TPSA) is 46.3 Å². The van der Waals surface area contributed by atoms with Gasteiger partial charge in [0.25, 0.3) is 0 Å². The van der Waals surface area contributed by atoms with Gasteiger partial charge in [-0.05, 0) is 18.9 Å². The summed E-state index contributed by atoms with van der Waals surface area (Å²) in [7, 11) is 0. The molecule has 2 bridgehead atoms. The Morgan fingerprint density at radius 1 is 1.55 bits per heavy atom. The smallest absolute Gasteiger partial charge is 0.151 e. The van der Waals surface area contributed by atoms with Crippen LogP contribution >= 0.6 is 0 Å². The van der Waals surface area contributed by atoms with Crippen LogP contribution in [0, 0.1) is 11.8 Å². The number of fused-ring (bicyclic) bond motifs is 2. The summed E-state index contributed by atoms with van der Waals surface area (Å²) in [5.41, 5.74) is 5.32. The molecular formula is C8H14N2O. The van der Waals surface area contributed by atoms with Crippen molar-refractivity contribution < 1.29 is 4.79 Å². The lowest BCUT2D eigenvalue weighted by Gasteiger charge is -2.19. The number of carbonyl (C=O) groups is 1. The van der Waals surface area contributed by atoms with Crippen LogP contribution in [0.5, 0.6) is 0 Å². The summed E-state index contributed by atoms with van der Waals surface area (Å²) in [6.45, 7) is 3.53. The van der Waals surface area contributed by atoms with E-state index in [9.17, 15) is 4.79 Å². The van der Waals surface area contributed by atoms with Crippen LogP contribution in [0.25, 0.3) is 0 Å². The van der Waals surface area contributed by atoms with E-state index in [4.69, 9.17) is 5.73 Å². The van der Waals surface area contributed by atoms with Gasteiger partial charge in [-0.25, -0.2) is 0 Å². The molecule has 1 unspecified atom stereocenters. The van der Waals surface area contributed by atoms with Gasteiger partial charge in [-0.2, -0.15) is 0 Å². The van der Waals surface area contributed by atoms with Crippen LogP contribution in [-0.4, -0.2) is 36.9 Å². The minimum Gasteiger partial charge on any atom is -0.324 e. The molecule has 0 spiro atoms. The first kappa shape index (κ1) is 7.25. The SMILES string of the molecule is NCC(=O)[C@@H]1CN2CC[C@@H]1C2. The zero-order valence-electron chi connectivity index (χ0n) is 6.62. The monoisotopic (exact) mass is 154 g/mol. The molecule has 11 heavy (non-hydrogen) atoms. The second-order valence-electron chi connectivity index (χ2n) is 3.59. The van der Waals surface area contributed by atoms with Gasteiger partial charge in [0.1, 0.15) is 0 Å². The van der Waals surface area contributed by atoms with Crippen molar-refractivity contribution in [1.82, 2.24) is 4.90 Å². The zero-order chi connectivity index (χ0) is 7.84. The Balaban J connectivity index is 2.02. The summed E-state index contributed by atoms with van der Waals surface area (Å²) in [4.78, 5) is 13.6. The Hall–Kier alpha value is -0.410. The van der Waals surface area contributed by atoms with E-state index in [0.29, 0.717) is 5.92 Å². The fourth-order valence-electron chi connectivity index (χ4n) is 2.30. The molecule has 3 heteroatoms. The summed E-state index contributed by atoms with van der Waals surface area (Å²) < 4.78 is 0. The maximum Gasteiger partial charge on any atom is 0.151 e. The van der Waals surface area contributed by atoms with Crippen molar-refractivity contribution in [2.75, 3.05) is 26.2 Å². The molecule has 2 N–H and O–H groups in total. The largest absolute Gasteiger partial charge is 0.324 e. The molecule has 2 fully saturated rings. The van der Waals surface area contributed by atoms with Crippen molar-refractivity contribution in [3.05, 3.63) is 0 Å². The predicted octanol–water partition coefficient (Wildman–Crippen LogP) is -0.534. The third kappa shape index (κ3) is 1.08. The molecule has 0 radical (unpaired) electrons. The van der Waals surface area contributed by atoms with Gasteiger partial charge in [-0.15, -0.1) is 0 Å². The molecule has 3 atom stereocenters. The van der Waals surface area contributed by atoms with Crippen molar-refractivity contribution in [3.63, 3.8) is 0 Å². The molecule has 2 saturated heterocycles. The molecule has 3 nitrogen and oxygen atoms in total. The first-order chi connectivity index (χ1) is 5.31. The van der Waals surface area contributed by atoms with Gasteiger partial charge in [0.2, 0.25) is 0 Å². The normalized spacial score (nSPS) is 41.4. The number of carbonyl (C=O) groups excluding carboxylic acids is 1. The van der Waals surface area contributed by atoms with Crippen molar-refractivity contribution in [2.24, 2.45) is 17.6 Å². The van der Waals surface area contributed by atoms with Crippen LogP contribution in [-0.2, 0) is 4.79 Å². The van der Waals surface area contributed by atoms with E-state index in [-0.39, 0.29) is 18.2 Å². The molecule has 0 aromatic rings. The number of Topliss-reactive ketones (excluding diaryl/α,β-unsaturated/α-hetero) is 1. The van der Waals surface area contributed by atoms with E-state index in [1.165, 1.54) is 13.0 Å². The van der Waals surface area contributed by atoms with Gasteiger partial charge in [0, 0.05) is 19.0 Å². The summed E-state index contributed by atoms with van der Waals surface area (Å²) in [6.07, 6.45) is 1.20. The molecule has 0 aliphatic carbocycles. The van der Waals surface area contributed by atoms with E-state index in [2.05, 4.69) is 4.90 Å². The maximum atomic E-state index is 11.3.